The van der Waals surface area contributed by atoms with Gasteiger partial charge in [-0.05, 0) is 47.0 Å². The van der Waals surface area contributed by atoms with Gasteiger partial charge >= 0.3 is 7.60 Å². The Hall–Kier alpha value is -5.34. The van der Waals surface area contributed by atoms with Crippen LogP contribution in [0.25, 0.3) is 22.3 Å². The van der Waals surface area contributed by atoms with Crippen LogP contribution in [-0.4, -0.2) is 16.1 Å². The van der Waals surface area contributed by atoms with Crippen LogP contribution in [0, 0.1) is 0 Å². The zero-order valence-electron chi connectivity index (χ0n) is 25.2. The molecule has 2 N–H and O–H groups in total. The van der Waals surface area contributed by atoms with Gasteiger partial charge in [0, 0.05) is 11.6 Å². The highest BCUT2D eigenvalue weighted by Crippen LogP contribution is 2.41. The number of ether oxygens (including phenoxy) is 4. The molecule has 0 unspecified atom stereocenters. The average molecular weight is 651 g/mol. The highest BCUT2D eigenvalue weighted by molar-refractivity contribution is 7.51. The second-order valence-corrected chi connectivity index (χ2v) is 12.3. The number of benzene rings is 5. The van der Waals surface area contributed by atoms with Gasteiger partial charge in [0.05, 0.1) is 5.39 Å². The Morgan fingerprint density at radius 1 is 0.596 bits per heavy atom. The molecule has 5 aromatic carbocycles. The fraction of sp³-hybridized carbons (Fsp3) is 0.108. The van der Waals surface area contributed by atoms with Crippen molar-refractivity contribution in [3.8, 4) is 34.3 Å². The van der Waals surface area contributed by atoms with E-state index in [1.165, 1.54) is 6.07 Å². The van der Waals surface area contributed by atoms with Crippen molar-refractivity contribution in [2.24, 2.45) is 0 Å². The fourth-order valence-electron chi connectivity index (χ4n) is 4.81. The Morgan fingerprint density at radius 3 is 1.77 bits per heavy atom. The third-order valence-electron chi connectivity index (χ3n) is 7.13. The molecule has 0 saturated heterocycles. The molecule has 0 aliphatic heterocycles. The number of hydrogen-bond acceptors (Lipinski definition) is 7. The monoisotopic (exact) mass is 650 g/mol. The molecule has 0 atom stereocenters. The number of fused-ring (bicyclic) bond motifs is 1. The first-order valence-electron chi connectivity index (χ1n) is 14.8. The van der Waals surface area contributed by atoms with E-state index in [4.69, 9.17) is 23.4 Å². The summed E-state index contributed by atoms with van der Waals surface area (Å²) in [4.78, 5) is 33.0. The summed E-state index contributed by atoms with van der Waals surface area (Å²) >= 11 is 0. The van der Waals surface area contributed by atoms with Gasteiger partial charge in [0.15, 0.2) is 23.6 Å². The van der Waals surface area contributed by atoms with Crippen molar-refractivity contribution in [1.82, 2.24) is 0 Å². The molecular weight excluding hydrogens is 619 g/mol. The van der Waals surface area contributed by atoms with E-state index in [9.17, 15) is 19.1 Å². The van der Waals surface area contributed by atoms with Gasteiger partial charge in [-0.2, -0.15) is 0 Å². The van der Waals surface area contributed by atoms with E-state index in [0.717, 1.165) is 16.7 Å². The van der Waals surface area contributed by atoms with Crippen molar-refractivity contribution in [3.63, 3.8) is 0 Å². The van der Waals surface area contributed by atoms with Gasteiger partial charge in [-0.25, -0.2) is 0 Å². The number of hydrogen-bond donors (Lipinski definition) is 2. The van der Waals surface area contributed by atoms with Gasteiger partial charge in [-0.1, -0.05) is 91.0 Å². The molecule has 0 saturated carbocycles. The molecule has 0 bridgehead atoms. The summed E-state index contributed by atoms with van der Waals surface area (Å²) in [5.74, 6) is 0.882. The van der Waals surface area contributed by atoms with Crippen molar-refractivity contribution in [2.75, 3.05) is 6.35 Å². The molecule has 9 nitrogen and oxygen atoms in total. The third kappa shape index (κ3) is 8.28. The molecule has 10 heteroatoms. The van der Waals surface area contributed by atoms with Crippen molar-refractivity contribution in [1.29, 1.82) is 0 Å². The van der Waals surface area contributed by atoms with Crippen LogP contribution in [0.5, 0.6) is 23.0 Å². The topological polar surface area (TPSA) is 125 Å². The maximum atomic E-state index is 13.9. The molecule has 47 heavy (non-hydrogen) atoms. The molecule has 0 aliphatic carbocycles. The molecule has 0 fully saturated rings. The Morgan fingerprint density at radius 2 is 1.17 bits per heavy atom. The highest BCUT2D eigenvalue weighted by Gasteiger charge is 2.22. The first-order valence-corrected chi connectivity index (χ1v) is 16.5. The minimum Gasteiger partial charge on any atom is -0.489 e. The van der Waals surface area contributed by atoms with Crippen molar-refractivity contribution in [3.05, 3.63) is 154 Å². The SMILES string of the molecule is O=c1c(OCc2ccccc2)c(-c2ccc(OCc3ccccc3)c(OCP(=O)(O)O)c2)oc2cc(OCc3ccccc3)ccc12. The maximum Gasteiger partial charge on any atom is 0.362 e. The van der Waals surface area contributed by atoms with E-state index < -0.39 is 19.4 Å². The Bertz CT molecular complexity index is 2060. The molecular formula is C37H31O9P. The summed E-state index contributed by atoms with van der Waals surface area (Å²) in [6, 6.07) is 38.3. The average Bonchev–Trinajstić information content (AvgIpc) is 3.09. The van der Waals surface area contributed by atoms with Crippen LogP contribution in [0.2, 0.25) is 0 Å². The smallest absolute Gasteiger partial charge is 0.362 e. The van der Waals surface area contributed by atoms with Gasteiger partial charge < -0.3 is 33.2 Å². The lowest BCUT2D eigenvalue weighted by atomic mass is 10.1. The van der Waals surface area contributed by atoms with E-state index in [2.05, 4.69) is 0 Å². The van der Waals surface area contributed by atoms with Crippen LogP contribution in [0.3, 0.4) is 0 Å². The summed E-state index contributed by atoms with van der Waals surface area (Å²) in [6.45, 7) is 0.614. The Balaban J connectivity index is 1.40. The van der Waals surface area contributed by atoms with Crippen molar-refractivity contribution >= 4 is 18.6 Å². The first kappa shape index (κ1) is 31.6. The highest BCUT2D eigenvalue weighted by atomic mass is 31.2. The van der Waals surface area contributed by atoms with Gasteiger partial charge in [0.2, 0.25) is 11.2 Å². The van der Waals surface area contributed by atoms with Crippen molar-refractivity contribution in [2.45, 2.75) is 19.8 Å². The van der Waals surface area contributed by atoms with Crippen LogP contribution >= 0.6 is 7.60 Å². The largest absolute Gasteiger partial charge is 0.489 e. The van der Waals surface area contributed by atoms with E-state index in [-0.39, 0.29) is 41.8 Å². The molecule has 238 valence electrons. The predicted molar refractivity (Wildman–Crippen MR) is 178 cm³/mol. The molecule has 0 amide bonds. The van der Waals surface area contributed by atoms with Gasteiger partial charge in [-0.3, -0.25) is 9.36 Å². The zero-order valence-corrected chi connectivity index (χ0v) is 26.0. The maximum absolute atomic E-state index is 13.9. The summed E-state index contributed by atoms with van der Waals surface area (Å²) in [7, 11) is -4.53. The Kier molecular flexibility index (Phi) is 9.69. The molecule has 1 aromatic heterocycles. The molecule has 6 rings (SSSR count). The fourth-order valence-corrected chi connectivity index (χ4v) is 5.12. The molecule has 1 heterocycles. The molecule has 0 spiro atoms. The second-order valence-electron chi connectivity index (χ2n) is 10.7. The van der Waals surface area contributed by atoms with Crippen LogP contribution in [0.1, 0.15) is 16.7 Å². The lowest BCUT2D eigenvalue weighted by Crippen LogP contribution is -2.10. The lowest BCUT2D eigenvalue weighted by molar-refractivity contribution is 0.264. The standard InChI is InChI=1S/C37H31O9P/c38-35-31-18-17-30(42-22-26-10-4-1-5-11-26)21-33(31)46-36(37(35)44-24-28-14-8-3-9-15-28)29-16-19-32(34(20-29)45-25-47(39,40)41)43-23-27-12-6-2-7-13-27/h1-21H,22-25H2,(H2,39,40,41). The summed E-state index contributed by atoms with van der Waals surface area (Å²) in [5.41, 5.74) is 2.96. The summed E-state index contributed by atoms with van der Waals surface area (Å²) in [5, 5.41) is 0.296. The van der Waals surface area contributed by atoms with Crippen LogP contribution in [0.4, 0.5) is 0 Å². The summed E-state index contributed by atoms with van der Waals surface area (Å²) < 4.78 is 41.7. The number of rotatable bonds is 13. The summed E-state index contributed by atoms with van der Waals surface area (Å²) in [6.07, 6.45) is -0.876. The minimum absolute atomic E-state index is 0.0294. The van der Waals surface area contributed by atoms with E-state index in [0.29, 0.717) is 23.3 Å². The van der Waals surface area contributed by atoms with Gasteiger partial charge in [-0.15, -0.1) is 0 Å². The molecule has 0 radical (unpaired) electrons. The van der Waals surface area contributed by atoms with Crippen LogP contribution in [-0.2, 0) is 24.4 Å². The quantitative estimate of drug-likeness (QED) is 0.121. The van der Waals surface area contributed by atoms with E-state index >= 15 is 0 Å². The molecule has 6 aromatic rings. The molecule has 0 aliphatic rings. The minimum atomic E-state index is -4.53. The first-order chi connectivity index (χ1) is 22.8. The second kappa shape index (κ2) is 14.4. The third-order valence-corrected chi connectivity index (χ3v) is 7.59. The van der Waals surface area contributed by atoms with E-state index in [1.807, 2.05) is 91.0 Å². The van der Waals surface area contributed by atoms with Crippen LogP contribution in [0.15, 0.2) is 137 Å². The lowest BCUT2D eigenvalue weighted by Gasteiger charge is -2.16. The zero-order chi connectivity index (χ0) is 32.6. The predicted octanol–water partition coefficient (Wildman–Crippen LogP) is 7.71. The normalized spacial score (nSPS) is 11.3. The Labute approximate surface area is 270 Å². The van der Waals surface area contributed by atoms with Crippen molar-refractivity contribution < 1.29 is 37.7 Å². The van der Waals surface area contributed by atoms with Gasteiger partial charge in [0.25, 0.3) is 0 Å². The van der Waals surface area contributed by atoms with E-state index in [1.54, 1.807) is 30.3 Å². The van der Waals surface area contributed by atoms with Crippen LogP contribution < -0.4 is 24.4 Å². The van der Waals surface area contributed by atoms with Gasteiger partial charge in [0.1, 0.15) is 31.2 Å².